The Morgan fingerprint density at radius 2 is 1.03 bits per heavy atom. The van der Waals surface area contributed by atoms with Crippen LogP contribution < -0.4 is 0 Å². The van der Waals surface area contributed by atoms with Crippen molar-refractivity contribution in [2.45, 2.75) is 13.1 Å². The predicted octanol–water partition coefficient (Wildman–Crippen LogP) is 10.2. The topological polar surface area (TPSA) is 0 Å². The van der Waals surface area contributed by atoms with Crippen molar-refractivity contribution in [2.24, 2.45) is 0 Å². The minimum Gasteiger partial charge on any atom is -0.271 e. The molecule has 1 aromatic heterocycles. The summed E-state index contributed by atoms with van der Waals surface area (Å²) in [6, 6.07) is 56.1. The summed E-state index contributed by atoms with van der Waals surface area (Å²) in [6.07, 6.45) is 0. The molecule has 198 valence electrons. The molecule has 5 aromatic carbocycles. The van der Waals surface area contributed by atoms with Gasteiger partial charge in [-0.25, -0.2) is 6.07 Å². The van der Waals surface area contributed by atoms with Gasteiger partial charge >= 0.3 is 0 Å². The van der Waals surface area contributed by atoms with Gasteiger partial charge in [-0.05, 0) is 0 Å². The Labute approximate surface area is 261 Å². The molecule has 0 nitrogen and oxygen atoms in total. The molecular weight excluding hydrogens is 574 g/mol. The van der Waals surface area contributed by atoms with Crippen LogP contribution in [0.3, 0.4) is 0 Å². The summed E-state index contributed by atoms with van der Waals surface area (Å²) in [5.74, 6) is 5.11. The van der Waals surface area contributed by atoms with Crippen molar-refractivity contribution in [1.82, 2.24) is 0 Å². The van der Waals surface area contributed by atoms with Gasteiger partial charge in [0.25, 0.3) is 0 Å². The van der Waals surface area contributed by atoms with E-state index in [1.807, 2.05) is 103 Å². The molecule has 0 bridgehead atoms. The quantitative estimate of drug-likeness (QED) is 0.119. The van der Waals surface area contributed by atoms with E-state index in [0.29, 0.717) is 0 Å². The first-order chi connectivity index (χ1) is 17.4. The molecule has 0 N–H and O–H groups in total. The smallest absolute Gasteiger partial charge is 0.0307 e. The van der Waals surface area contributed by atoms with Gasteiger partial charge < -0.3 is 0 Å². The molecule has 0 saturated carbocycles. The van der Waals surface area contributed by atoms with E-state index in [9.17, 15) is 0 Å². The first kappa shape index (κ1) is 40.3. The van der Waals surface area contributed by atoms with E-state index in [0.717, 1.165) is 17.7 Å². The van der Waals surface area contributed by atoms with Gasteiger partial charge in [-0.1, -0.05) is 19.2 Å². The molecule has 6 aromatic rings. The molecule has 1 heterocycles. The van der Waals surface area contributed by atoms with Crippen LogP contribution in [0.5, 0.6) is 0 Å². The molecule has 0 aliphatic heterocycles. The summed E-state index contributed by atoms with van der Waals surface area (Å²) in [6.45, 7) is 4.31. The van der Waals surface area contributed by atoms with Crippen molar-refractivity contribution in [1.29, 1.82) is 0 Å². The molecule has 5 heteroatoms. The van der Waals surface area contributed by atoms with Crippen LogP contribution in [0.4, 0.5) is 0 Å². The maximum Gasteiger partial charge on any atom is 0.0307 e. The second-order valence-corrected chi connectivity index (χ2v) is 8.61. The van der Waals surface area contributed by atoms with E-state index in [1.165, 1.54) is 10.8 Å². The van der Waals surface area contributed by atoms with Crippen LogP contribution in [0.1, 0.15) is 0 Å². The molecule has 38 heavy (non-hydrogen) atoms. The van der Waals surface area contributed by atoms with Gasteiger partial charge in [0.2, 0.25) is 0 Å². The number of rotatable bonds is 0. The van der Waals surface area contributed by atoms with Crippen molar-refractivity contribution in [2.75, 3.05) is 0 Å². The summed E-state index contributed by atoms with van der Waals surface area (Å²) < 4.78 is 0. The van der Waals surface area contributed by atoms with Gasteiger partial charge in [-0.3, -0.25) is 8.19 Å². The van der Waals surface area contributed by atoms with E-state index in [1.54, 1.807) is 0 Å². The molecule has 0 aliphatic rings. The van der Waals surface area contributed by atoms with Crippen LogP contribution in [0.25, 0.3) is 10.8 Å². The monoisotopic (exact) mass is 607 g/mol. The largest absolute Gasteiger partial charge is 0.271 e. The van der Waals surface area contributed by atoms with E-state index in [2.05, 4.69) is 85.4 Å². The molecule has 0 saturated heterocycles. The van der Waals surface area contributed by atoms with Gasteiger partial charge in [0.15, 0.2) is 0 Å². The van der Waals surface area contributed by atoms with Crippen LogP contribution in [0.2, 0.25) is 13.1 Å². The second kappa shape index (κ2) is 32.8. The van der Waals surface area contributed by atoms with Gasteiger partial charge in [0.05, 0.1) is 0 Å². The van der Waals surface area contributed by atoms with Crippen LogP contribution in [0.15, 0.2) is 151 Å². The van der Waals surface area contributed by atoms with Crippen LogP contribution >= 0.6 is 33.0 Å². The number of fused-ring (bicyclic) bond motifs is 1. The molecule has 2 radical (unpaired) electrons. The first-order valence-electron chi connectivity index (χ1n) is 11.3. The third kappa shape index (κ3) is 25.4. The Bertz CT molecular complexity index is 934. The summed E-state index contributed by atoms with van der Waals surface area (Å²) >= 11 is 0. The van der Waals surface area contributed by atoms with Gasteiger partial charge in [-0.2, -0.15) is 144 Å². The van der Waals surface area contributed by atoms with Gasteiger partial charge in [0.1, 0.15) is 0 Å². The predicted molar refractivity (Wildman–Crippen MR) is 172 cm³/mol. The van der Waals surface area contributed by atoms with Crippen LogP contribution in [0, 0.1) is 24.0 Å². The van der Waals surface area contributed by atoms with Crippen molar-refractivity contribution in [3.8, 4) is 0 Å². The average molecular weight is 608 g/mol. The maximum atomic E-state index is 3.01. The molecule has 1 atom stereocenters. The fourth-order valence-electron chi connectivity index (χ4n) is 2.34. The van der Waals surface area contributed by atoms with Gasteiger partial charge in [0, 0.05) is 31.2 Å². The Morgan fingerprint density at radius 1 is 0.579 bits per heavy atom. The number of hydrogen-bond donors (Lipinski definition) is 0. The van der Waals surface area contributed by atoms with Gasteiger partial charge in [-0.15, -0.1) is 54.5 Å². The van der Waals surface area contributed by atoms with E-state index in [-0.39, 0.29) is 46.5 Å². The summed E-state index contributed by atoms with van der Waals surface area (Å²) in [4.78, 5) is 0. The number of halogens is 2. The zero-order valence-corrected chi connectivity index (χ0v) is 26.9. The Balaban J connectivity index is -0.000000391. The maximum absolute atomic E-state index is 3.01. The first-order valence-corrected chi connectivity index (χ1v) is 14.4. The molecule has 0 aliphatic carbocycles. The molecule has 6 rings (SSSR count). The van der Waals surface area contributed by atoms with Crippen LogP contribution in [-0.2, 0) is 21.7 Å². The fraction of sp³-hybridized carbons (Fsp3) is 0.0606. The van der Waals surface area contributed by atoms with Crippen molar-refractivity contribution in [3.63, 3.8) is 0 Å². The number of hydrogen-bond acceptors (Lipinski definition) is 0. The third-order valence-corrected chi connectivity index (χ3v) is 4.50. The zero-order valence-electron chi connectivity index (χ0n) is 21.8. The summed E-state index contributed by atoms with van der Waals surface area (Å²) in [5.41, 5.74) is 0. The van der Waals surface area contributed by atoms with E-state index >= 15 is 0 Å². The second-order valence-electron chi connectivity index (χ2n) is 6.70. The Morgan fingerprint density at radius 3 is 1.29 bits per heavy atom. The van der Waals surface area contributed by atoms with Crippen molar-refractivity contribution in [3.05, 3.63) is 175 Å². The molecule has 0 fully saturated rings. The normalized spacial score (nSPS) is 7.95. The Kier molecular flexibility index (Phi) is 34.8. The standard InChI is InChI=1S/C9H7.3C6H5.C4H4P.C2H6Si.2ClH.Ti/c1-2-5-9-7-3-6-8(9)4-1;3*1-2-4-6-5-3-1;1-2-4-5-3-1;1-3-2;;;/h1-7H;3*1-5H;1-3,5H;1-2H3;2*1H;/q5*-1;;;;. The zero-order chi connectivity index (χ0) is 25.1. The fourth-order valence-corrected chi connectivity index (χ4v) is 2.82. The van der Waals surface area contributed by atoms with Crippen LogP contribution in [-0.4, -0.2) is 9.52 Å². The molecule has 0 amide bonds. The summed E-state index contributed by atoms with van der Waals surface area (Å²) in [7, 11) is 1.91. The SMILES string of the molecule is C[Si]C.Cl.Cl.[Ti].[c-]1ccc[pH]1.[c-]1ccccc1.[c-]1ccccc1.[c-]1ccccc1.c1ccc2[cH-]ccc2c1. The molecule has 1 unspecified atom stereocenters. The minimum absolute atomic E-state index is 0. The molecule has 0 spiro atoms. The van der Waals surface area contributed by atoms with Crippen molar-refractivity contribution >= 4 is 53.3 Å². The van der Waals surface area contributed by atoms with Crippen molar-refractivity contribution < 1.29 is 21.7 Å². The number of benzene rings is 4. The molecular formula is C33H34Cl2PSiTi-5. The average Bonchev–Trinajstić information content (AvgIpc) is 3.69. The van der Waals surface area contributed by atoms with E-state index < -0.39 is 0 Å². The minimum atomic E-state index is 0. The summed E-state index contributed by atoms with van der Waals surface area (Å²) in [5, 5.41) is 2.66. The third-order valence-electron chi connectivity index (χ3n) is 3.81. The Hall–Kier alpha value is -2.22. The van der Waals surface area contributed by atoms with E-state index in [4.69, 9.17) is 0 Å².